The summed E-state index contributed by atoms with van der Waals surface area (Å²) >= 11 is 0. The van der Waals surface area contributed by atoms with Crippen LogP contribution < -0.4 is 0 Å². The van der Waals surface area contributed by atoms with Gasteiger partial charge in [0.25, 0.3) is 0 Å². The standard InChI is InChI=1S/C20H18N4/c1-2-6-16(7-3-1)8-4-5-13-24-15-17(14-23-24)18-9-11-21-20-19(18)10-12-22-20/h1-4,6-12,14-15,18H,5,13H2/b8-4+. The normalized spacial score (nSPS) is 18.8. The van der Waals surface area contributed by atoms with Crippen LogP contribution in [0.4, 0.5) is 0 Å². The fourth-order valence-electron chi connectivity index (χ4n) is 2.93. The van der Waals surface area contributed by atoms with E-state index in [0.717, 1.165) is 24.4 Å². The molecule has 0 spiro atoms. The first-order valence-electron chi connectivity index (χ1n) is 8.13. The minimum atomic E-state index is 0.202. The quantitative estimate of drug-likeness (QED) is 0.822. The predicted octanol–water partition coefficient (Wildman–Crippen LogP) is 4.01. The van der Waals surface area contributed by atoms with Gasteiger partial charge in [0.2, 0.25) is 0 Å². The summed E-state index contributed by atoms with van der Waals surface area (Å²) in [5.41, 5.74) is 3.56. The third-order valence-electron chi connectivity index (χ3n) is 4.17. The zero-order valence-electron chi connectivity index (χ0n) is 13.3. The maximum Gasteiger partial charge on any atom is 0.155 e. The van der Waals surface area contributed by atoms with Crippen LogP contribution in [0, 0.1) is 0 Å². The molecule has 0 fully saturated rings. The molecule has 2 aromatic rings. The Kier molecular flexibility index (Phi) is 4.02. The van der Waals surface area contributed by atoms with Crippen LogP contribution in [0.2, 0.25) is 0 Å². The second kappa shape index (κ2) is 6.62. The fraction of sp³-hybridized carbons (Fsp3) is 0.150. The van der Waals surface area contributed by atoms with Gasteiger partial charge in [-0.3, -0.25) is 4.68 Å². The van der Waals surface area contributed by atoms with Gasteiger partial charge in [0.1, 0.15) is 0 Å². The summed E-state index contributed by atoms with van der Waals surface area (Å²) in [6.07, 6.45) is 17.1. The lowest BCUT2D eigenvalue weighted by Gasteiger charge is -2.15. The molecule has 4 rings (SSSR count). The van der Waals surface area contributed by atoms with E-state index in [0.29, 0.717) is 0 Å². The van der Waals surface area contributed by atoms with Gasteiger partial charge in [0.15, 0.2) is 5.84 Å². The van der Waals surface area contributed by atoms with Crippen molar-refractivity contribution in [3.8, 4) is 0 Å². The number of allylic oxidation sites excluding steroid dienone is 3. The monoisotopic (exact) mass is 314 g/mol. The molecule has 0 amide bonds. The van der Waals surface area contributed by atoms with Gasteiger partial charge < -0.3 is 0 Å². The maximum absolute atomic E-state index is 4.49. The Hall–Kier alpha value is -3.01. The predicted molar refractivity (Wildman–Crippen MR) is 98.2 cm³/mol. The first-order valence-corrected chi connectivity index (χ1v) is 8.13. The molecule has 1 aromatic carbocycles. The van der Waals surface area contributed by atoms with Gasteiger partial charge in [0, 0.05) is 42.2 Å². The first kappa shape index (κ1) is 14.6. The van der Waals surface area contributed by atoms with Crippen LogP contribution in [0.5, 0.6) is 0 Å². The lowest BCUT2D eigenvalue weighted by molar-refractivity contribution is 0.623. The Labute approximate surface area is 141 Å². The van der Waals surface area contributed by atoms with Gasteiger partial charge in [-0.05, 0) is 18.1 Å². The molecule has 2 aliphatic heterocycles. The molecule has 1 aromatic heterocycles. The summed E-state index contributed by atoms with van der Waals surface area (Å²) < 4.78 is 2.00. The summed E-state index contributed by atoms with van der Waals surface area (Å²) in [5.74, 6) is 1.02. The minimum absolute atomic E-state index is 0.202. The molecule has 3 heterocycles. The van der Waals surface area contributed by atoms with Gasteiger partial charge in [0.05, 0.1) is 6.20 Å². The van der Waals surface area contributed by atoms with Crippen molar-refractivity contribution in [2.75, 3.05) is 0 Å². The number of hydrogen-bond donors (Lipinski definition) is 0. The Balaban J connectivity index is 1.38. The molecule has 0 saturated carbocycles. The third-order valence-corrected chi connectivity index (χ3v) is 4.17. The van der Waals surface area contributed by atoms with E-state index in [9.17, 15) is 0 Å². The summed E-state index contributed by atoms with van der Waals surface area (Å²) in [7, 11) is 0. The Morgan fingerprint density at radius 1 is 1.17 bits per heavy atom. The molecular formula is C20H18N4. The Morgan fingerprint density at radius 3 is 3.00 bits per heavy atom. The molecule has 0 bridgehead atoms. The second-order valence-electron chi connectivity index (χ2n) is 5.81. The van der Waals surface area contributed by atoms with Crippen LogP contribution in [0.15, 0.2) is 82.7 Å². The van der Waals surface area contributed by atoms with Crippen molar-refractivity contribution in [1.29, 1.82) is 0 Å². The first-order chi connectivity index (χ1) is 11.9. The SMILES string of the molecule is C1=CC(c2cnn(CC/C=C/c3ccccc3)c2)C2=CC=NC2=N1. The second-order valence-corrected chi connectivity index (χ2v) is 5.81. The largest absolute Gasteiger partial charge is 0.272 e. The average Bonchev–Trinajstić information content (AvgIpc) is 3.28. The topological polar surface area (TPSA) is 42.5 Å². The van der Waals surface area contributed by atoms with E-state index < -0.39 is 0 Å². The molecule has 2 aliphatic rings. The summed E-state index contributed by atoms with van der Waals surface area (Å²) in [5, 5.41) is 4.49. The molecule has 0 aliphatic carbocycles. The number of aryl methyl sites for hydroxylation is 1. The van der Waals surface area contributed by atoms with Gasteiger partial charge >= 0.3 is 0 Å². The van der Waals surface area contributed by atoms with Crippen LogP contribution in [-0.2, 0) is 6.54 Å². The molecule has 0 N–H and O–H groups in total. The Morgan fingerprint density at radius 2 is 2.08 bits per heavy atom. The van der Waals surface area contributed by atoms with E-state index >= 15 is 0 Å². The van der Waals surface area contributed by atoms with Crippen LogP contribution in [0.1, 0.15) is 23.5 Å². The highest BCUT2D eigenvalue weighted by atomic mass is 15.3. The van der Waals surface area contributed by atoms with Gasteiger partial charge in [-0.1, -0.05) is 48.6 Å². The van der Waals surface area contributed by atoms with E-state index in [1.165, 1.54) is 11.1 Å². The van der Waals surface area contributed by atoms with Crippen molar-refractivity contribution in [1.82, 2.24) is 9.78 Å². The zero-order chi connectivity index (χ0) is 16.2. The number of aliphatic imine (C=N–C) groups is 2. The molecule has 24 heavy (non-hydrogen) atoms. The van der Waals surface area contributed by atoms with E-state index in [1.807, 2.05) is 35.4 Å². The third kappa shape index (κ3) is 3.04. The summed E-state index contributed by atoms with van der Waals surface area (Å²) in [6.45, 7) is 0.871. The van der Waals surface area contributed by atoms with Crippen LogP contribution in [-0.4, -0.2) is 21.8 Å². The number of benzene rings is 1. The summed E-state index contributed by atoms with van der Waals surface area (Å²) in [4.78, 5) is 8.57. The number of aromatic nitrogens is 2. The molecular weight excluding hydrogens is 296 g/mol. The molecule has 118 valence electrons. The number of hydrogen-bond acceptors (Lipinski definition) is 3. The van der Waals surface area contributed by atoms with E-state index in [4.69, 9.17) is 0 Å². The molecule has 1 atom stereocenters. The van der Waals surface area contributed by atoms with Crippen molar-refractivity contribution in [2.45, 2.75) is 18.9 Å². The molecule has 0 radical (unpaired) electrons. The van der Waals surface area contributed by atoms with Crippen molar-refractivity contribution >= 4 is 18.1 Å². The van der Waals surface area contributed by atoms with Crippen molar-refractivity contribution < 1.29 is 0 Å². The summed E-state index contributed by atoms with van der Waals surface area (Å²) in [6, 6.07) is 10.3. The number of rotatable bonds is 5. The van der Waals surface area contributed by atoms with Crippen LogP contribution in [0.25, 0.3) is 6.08 Å². The van der Waals surface area contributed by atoms with Crippen LogP contribution in [0.3, 0.4) is 0 Å². The van der Waals surface area contributed by atoms with E-state index in [-0.39, 0.29) is 5.92 Å². The number of fused-ring (bicyclic) bond motifs is 1. The van der Waals surface area contributed by atoms with Crippen LogP contribution >= 0.6 is 0 Å². The zero-order valence-corrected chi connectivity index (χ0v) is 13.3. The highest BCUT2D eigenvalue weighted by molar-refractivity contribution is 6.12. The van der Waals surface area contributed by atoms with Gasteiger partial charge in [-0.15, -0.1) is 0 Å². The van der Waals surface area contributed by atoms with Gasteiger partial charge in [-0.2, -0.15) is 5.10 Å². The van der Waals surface area contributed by atoms with E-state index in [2.05, 4.69) is 63.8 Å². The van der Waals surface area contributed by atoms with Crippen molar-refractivity contribution in [2.24, 2.45) is 9.98 Å². The molecule has 1 unspecified atom stereocenters. The fourth-order valence-corrected chi connectivity index (χ4v) is 2.93. The van der Waals surface area contributed by atoms with Crippen molar-refractivity contribution in [3.05, 3.63) is 83.9 Å². The number of amidine groups is 1. The molecule has 4 nitrogen and oxygen atoms in total. The molecule has 4 heteroatoms. The maximum atomic E-state index is 4.49. The number of nitrogens with zero attached hydrogens (tertiary/aromatic N) is 4. The minimum Gasteiger partial charge on any atom is -0.272 e. The lowest BCUT2D eigenvalue weighted by Crippen LogP contribution is -2.08. The van der Waals surface area contributed by atoms with Gasteiger partial charge in [-0.25, -0.2) is 9.98 Å². The smallest absolute Gasteiger partial charge is 0.155 e. The van der Waals surface area contributed by atoms with E-state index in [1.54, 1.807) is 0 Å². The highest BCUT2D eigenvalue weighted by Gasteiger charge is 2.23. The Bertz CT molecular complexity index is 866. The van der Waals surface area contributed by atoms with Crippen molar-refractivity contribution in [3.63, 3.8) is 0 Å². The average molecular weight is 314 g/mol. The highest BCUT2D eigenvalue weighted by Crippen LogP contribution is 2.31. The lowest BCUT2D eigenvalue weighted by atomic mass is 9.92. The molecule has 0 saturated heterocycles.